The zero-order valence-corrected chi connectivity index (χ0v) is 22.2. The summed E-state index contributed by atoms with van der Waals surface area (Å²) in [6, 6.07) is 16.8. The molecule has 33 heavy (non-hydrogen) atoms. The summed E-state index contributed by atoms with van der Waals surface area (Å²) < 4.78 is 16.0. The fraction of sp³-hybridized carbons (Fsp3) is 0.480. The van der Waals surface area contributed by atoms with Gasteiger partial charge in [-0.3, -0.25) is 9.89 Å². The van der Waals surface area contributed by atoms with Gasteiger partial charge in [-0.25, -0.2) is 0 Å². The van der Waals surface area contributed by atoms with Gasteiger partial charge in [0.1, 0.15) is 18.1 Å². The number of nitrogens with zero attached hydrogens (tertiary/aromatic N) is 2. The second kappa shape index (κ2) is 15.0. The molecule has 0 radical (unpaired) electrons. The molecule has 7 nitrogen and oxygen atoms in total. The zero-order valence-electron chi connectivity index (χ0n) is 19.9. The molecule has 8 heteroatoms. The van der Waals surface area contributed by atoms with Crippen LogP contribution in [-0.4, -0.2) is 65.0 Å². The van der Waals surface area contributed by atoms with Gasteiger partial charge in [-0.2, -0.15) is 0 Å². The molecule has 0 amide bonds. The molecule has 2 aromatic rings. The molecule has 1 saturated heterocycles. The molecule has 2 N–H and O–H groups in total. The predicted molar refractivity (Wildman–Crippen MR) is 144 cm³/mol. The smallest absolute Gasteiger partial charge is 0.191 e. The molecule has 0 bridgehead atoms. The highest BCUT2D eigenvalue weighted by molar-refractivity contribution is 14.0. The van der Waals surface area contributed by atoms with Gasteiger partial charge < -0.3 is 24.8 Å². The number of likely N-dealkylation sites (tertiary alicyclic amines) is 1. The van der Waals surface area contributed by atoms with E-state index < -0.39 is 0 Å². The lowest BCUT2D eigenvalue weighted by atomic mass is 10.1. The lowest BCUT2D eigenvalue weighted by Gasteiger charge is -2.29. The van der Waals surface area contributed by atoms with Gasteiger partial charge in [-0.1, -0.05) is 24.3 Å². The first-order valence-electron chi connectivity index (χ1n) is 11.3. The van der Waals surface area contributed by atoms with E-state index >= 15 is 0 Å². The largest absolute Gasteiger partial charge is 0.497 e. The number of halogens is 1. The average Bonchev–Trinajstić information content (AvgIpc) is 3.37. The lowest BCUT2D eigenvalue weighted by molar-refractivity contribution is 0.146. The quantitative estimate of drug-likeness (QED) is 0.186. The number of ether oxygens (including phenoxy) is 3. The molecule has 1 fully saturated rings. The van der Waals surface area contributed by atoms with E-state index in [1.165, 1.54) is 24.0 Å². The van der Waals surface area contributed by atoms with Crippen molar-refractivity contribution in [2.45, 2.75) is 25.4 Å². The molecular weight excluding hydrogens is 531 g/mol. The number of aliphatic imine (C=N–C) groups is 1. The van der Waals surface area contributed by atoms with Crippen molar-refractivity contribution in [3.63, 3.8) is 0 Å². The monoisotopic (exact) mass is 568 g/mol. The van der Waals surface area contributed by atoms with Crippen LogP contribution in [0.3, 0.4) is 0 Å². The molecule has 182 valence electrons. The van der Waals surface area contributed by atoms with Gasteiger partial charge in [0.25, 0.3) is 0 Å². The van der Waals surface area contributed by atoms with Crippen LogP contribution in [0.15, 0.2) is 53.5 Å². The van der Waals surface area contributed by atoms with Crippen molar-refractivity contribution in [1.82, 2.24) is 15.5 Å². The summed E-state index contributed by atoms with van der Waals surface area (Å²) in [6.07, 6.45) is 2.51. The Hall–Kier alpha value is -2.04. The Bertz CT molecular complexity index is 825. The van der Waals surface area contributed by atoms with Crippen molar-refractivity contribution in [2.24, 2.45) is 4.99 Å². The molecule has 1 aliphatic heterocycles. The van der Waals surface area contributed by atoms with E-state index in [0.29, 0.717) is 25.8 Å². The van der Waals surface area contributed by atoms with Crippen LogP contribution in [0, 0.1) is 0 Å². The number of nitrogens with one attached hydrogen (secondary N) is 2. The fourth-order valence-corrected chi connectivity index (χ4v) is 3.88. The number of methoxy groups -OCH3 is 2. The van der Waals surface area contributed by atoms with Crippen LogP contribution in [0.4, 0.5) is 0 Å². The number of hydrogen-bond acceptors (Lipinski definition) is 5. The maximum absolute atomic E-state index is 5.62. The number of rotatable bonds is 11. The van der Waals surface area contributed by atoms with Gasteiger partial charge in [-0.05, 0) is 61.3 Å². The first-order valence-corrected chi connectivity index (χ1v) is 11.3. The minimum Gasteiger partial charge on any atom is -0.497 e. The highest BCUT2D eigenvalue weighted by Crippen LogP contribution is 2.26. The molecule has 2 aromatic carbocycles. The Morgan fingerprint density at radius 1 is 0.939 bits per heavy atom. The summed E-state index contributed by atoms with van der Waals surface area (Å²) in [5.41, 5.74) is 2.46. The SMILES string of the molecule is CN=C(NCc1ccc(OCCOC)cc1)NCC(c1ccc(OC)cc1)N1CCCC1.I. The van der Waals surface area contributed by atoms with E-state index in [-0.39, 0.29) is 24.0 Å². The summed E-state index contributed by atoms with van der Waals surface area (Å²) in [5, 5.41) is 6.93. The van der Waals surface area contributed by atoms with Crippen molar-refractivity contribution >= 4 is 29.9 Å². The van der Waals surface area contributed by atoms with E-state index in [1.54, 1.807) is 21.3 Å². The summed E-state index contributed by atoms with van der Waals surface area (Å²) in [4.78, 5) is 6.95. The zero-order chi connectivity index (χ0) is 22.6. The van der Waals surface area contributed by atoms with Crippen LogP contribution in [0.5, 0.6) is 11.5 Å². The molecule has 3 rings (SSSR count). The Labute approximate surface area is 214 Å². The number of guanidine groups is 1. The van der Waals surface area contributed by atoms with Crippen LogP contribution in [0.2, 0.25) is 0 Å². The van der Waals surface area contributed by atoms with Crippen LogP contribution >= 0.6 is 24.0 Å². The minimum absolute atomic E-state index is 0. The van der Waals surface area contributed by atoms with E-state index in [0.717, 1.165) is 37.1 Å². The van der Waals surface area contributed by atoms with E-state index in [9.17, 15) is 0 Å². The maximum atomic E-state index is 5.62. The molecule has 0 aromatic heterocycles. The summed E-state index contributed by atoms with van der Waals surface area (Å²) in [5.74, 6) is 2.53. The Morgan fingerprint density at radius 2 is 1.61 bits per heavy atom. The van der Waals surface area contributed by atoms with Crippen molar-refractivity contribution in [3.05, 3.63) is 59.7 Å². The van der Waals surface area contributed by atoms with Crippen LogP contribution in [0.25, 0.3) is 0 Å². The standard InChI is InChI=1S/C25H36N4O3.HI/c1-26-25(27-18-20-6-10-23(11-7-20)32-17-16-30-2)28-19-24(29-14-4-5-15-29)21-8-12-22(31-3)13-9-21;/h6-13,24H,4-5,14-19H2,1-3H3,(H2,26,27,28);1H. The van der Waals surface area contributed by atoms with Gasteiger partial charge >= 0.3 is 0 Å². The lowest BCUT2D eigenvalue weighted by Crippen LogP contribution is -2.42. The van der Waals surface area contributed by atoms with Crippen LogP contribution in [-0.2, 0) is 11.3 Å². The highest BCUT2D eigenvalue weighted by atomic mass is 127. The average molecular weight is 569 g/mol. The normalized spacial score (nSPS) is 14.9. The fourth-order valence-electron chi connectivity index (χ4n) is 3.88. The van der Waals surface area contributed by atoms with Crippen LogP contribution < -0.4 is 20.1 Å². The third-order valence-electron chi connectivity index (χ3n) is 5.71. The van der Waals surface area contributed by atoms with Crippen molar-refractivity contribution in [3.8, 4) is 11.5 Å². The predicted octanol–water partition coefficient (Wildman–Crippen LogP) is 3.84. The summed E-state index contributed by atoms with van der Waals surface area (Å²) in [6.45, 7) is 4.87. The third kappa shape index (κ3) is 8.68. The molecular formula is C25H37IN4O3. The molecule has 1 aliphatic rings. The Balaban J connectivity index is 0.00000385. The van der Waals surface area contributed by atoms with Crippen molar-refractivity contribution in [2.75, 3.05) is 54.1 Å². The topological polar surface area (TPSA) is 67.4 Å². The maximum Gasteiger partial charge on any atom is 0.191 e. The second-order valence-electron chi connectivity index (χ2n) is 7.82. The van der Waals surface area contributed by atoms with Crippen molar-refractivity contribution < 1.29 is 14.2 Å². The first-order chi connectivity index (χ1) is 15.7. The van der Waals surface area contributed by atoms with Crippen LogP contribution in [0.1, 0.15) is 30.0 Å². The van der Waals surface area contributed by atoms with E-state index in [1.807, 2.05) is 24.3 Å². The molecule has 0 aliphatic carbocycles. The second-order valence-corrected chi connectivity index (χ2v) is 7.82. The van der Waals surface area contributed by atoms with E-state index in [2.05, 4.69) is 44.8 Å². The first kappa shape index (κ1) is 27.2. The Morgan fingerprint density at radius 3 is 2.21 bits per heavy atom. The summed E-state index contributed by atoms with van der Waals surface area (Å²) in [7, 11) is 5.18. The third-order valence-corrected chi connectivity index (χ3v) is 5.71. The Kier molecular flexibility index (Phi) is 12.3. The van der Waals surface area contributed by atoms with Crippen molar-refractivity contribution in [1.29, 1.82) is 0 Å². The number of hydrogen-bond donors (Lipinski definition) is 2. The molecule has 1 heterocycles. The molecule has 1 atom stereocenters. The molecule has 0 saturated carbocycles. The van der Waals surface area contributed by atoms with Gasteiger partial charge in [-0.15, -0.1) is 24.0 Å². The van der Waals surface area contributed by atoms with Gasteiger partial charge in [0.05, 0.1) is 19.8 Å². The summed E-state index contributed by atoms with van der Waals surface area (Å²) >= 11 is 0. The minimum atomic E-state index is 0. The number of benzene rings is 2. The van der Waals surface area contributed by atoms with Gasteiger partial charge in [0.2, 0.25) is 0 Å². The highest BCUT2D eigenvalue weighted by Gasteiger charge is 2.23. The molecule has 1 unspecified atom stereocenters. The molecule has 0 spiro atoms. The van der Waals surface area contributed by atoms with E-state index in [4.69, 9.17) is 14.2 Å². The van der Waals surface area contributed by atoms with Gasteiger partial charge in [0, 0.05) is 27.2 Å². The van der Waals surface area contributed by atoms with Gasteiger partial charge in [0.15, 0.2) is 5.96 Å².